The van der Waals surface area contributed by atoms with Gasteiger partial charge in [0.15, 0.2) is 0 Å². The van der Waals surface area contributed by atoms with Crippen LogP contribution in [0, 0.1) is 5.82 Å². The second kappa shape index (κ2) is 2.97. The molecule has 0 amide bonds. The largest absolute Gasteiger partial charge is 0.395 e. The van der Waals surface area contributed by atoms with E-state index in [-0.39, 0.29) is 12.3 Å². The number of anilines is 1. The van der Waals surface area contributed by atoms with Crippen LogP contribution >= 0.6 is 11.3 Å². The Morgan fingerprint density at radius 3 is 3.00 bits per heavy atom. The number of benzene rings is 1. The summed E-state index contributed by atoms with van der Waals surface area (Å²) in [6, 6.07) is 3.12. The normalized spacial score (nSPS) is 10.9. The fourth-order valence-corrected chi connectivity index (χ4v) is 2.21. The smallest absolute Gasteiger partial charge is 0.147 e. The number of fused-ring (bicyclic) bond motifs is 1. The van der Waals surface area contributed by atoms with E-state index in [1.807, 2.05) is 11.4 Å². The molecular formula is C9H8FNOS. The Morgan fingerprint density at radius 2 is 2.31 bits per heavy atom. The van der Waals surface area contributed by atoms with Gasteiger partial charge in [0.2, 0.25) is 0 Å². The van der Waals surface area contributed by atoms with Crippen molar-refractivity contribution in [3.63, 3.8) is 0 Å². The van der Waals surface area contributed by atoms with Crippen molar-refractivity contribution in [2.45, 2.75) is 6.61 Å². The molecule has 0 spiro atoms. The molecule has 0 aliphatic rings. The molecule has 1 aromatic carbocycles. The number of rotatable bonds is 1. The summed E-state index contributed by atoms with van der Waals surface area (Å²) in [5.41, 5.74) is 6.29. The van der Waals surface area contributed by atoms with Gasteiger partial charge in [0.05, 0.1) is 17.0 Å². The van der Waals surface area contributed by atoms with Crippen LogP contribution in [0.3, 0.4) is 0 Å². The lowest BCUT2D eigenvalue weighted by atomic mass is 10.1. The molecule has 2 rings (SSSR count). The number of nitrogen functional groups attached to an aromatic ring is 1. The Morgan fingerprint density at radius 1 is 1.54 bits per heavy atom. The molecule has 0 saturated carbocycles. The van der Waals surface area contributed by atoms with Gasteiger partial charge < -0.3 is 10.8 Å². The highest BCUT2D eigenvalue weighted by molar-refractivity contribution is 7.17. The molecule has 1 aromatic heterocycles. The zero-order valence-electron chi connectivity index (χ0n) is 6.75. The van der Waals surface area contributed by atoms with Gasteiger partial charge in [-0.25, -0.2) is 4.39 Å². The molecule has 3 N–H and O–H groups in total. The summed E-state index contributed by atoms with van der Waals surface area (Å²) in [5, 5.41) is 11.6. The van der Waals surface area contributed by atoms with E-state index in [1.54, 1.807) is 0 Å². The minimum absolute atomic E-state index is 0.162. The molecule has 0 radical (unpaired) electrons. The number of halogens is 1. The number of aliphatic hydroxyl groups is 1. The van der Waals surface area contributed by atoms with Crippen LogP contribution in [0.15, 0.2) is 17.5 Å². The van der Waals surface area contributed by atoms with Crippen LogP contribution in [0.5, 0.6) is 0 Å². The van der Waals surface area contributed by atoms with Gasteiger partial charge in [0.1, 0.15) is 5.82 Å². The topological polar surface area (TPSA) is 46.2 Å². The fraction of sp³-hybridized carbons (Fsp3) is 0.111. The second-order valence-corrected chi connectivity index (χ2v) is 3.67. The van der Waals surface area contributed by atoms with Crippen molar-refractivity contribution in [1.82, 2.24) is 0 Å². The predicted molar refractivity (Wildman–Crippen MR) is 52.1 cm³/mol. The van der Waals surface area contributed by atoms with Crippen molar-refractivity contribution in [2.75, 3.05) is 5.73 Å². The van der Waals surface area contributed by atoms with Gasteiger partial charge in [0.25, 0.3) is 0 Å². The van der Waals surface area contributed by atoms with E-state index in [0.29, 0.717) is 10.3 Å². The summed E-state index contributed by atoms with van der Waals surface area (Å²) in [6.07, 6.45) is 0. The number of hydrogen-bond acceptors (Lipinski definition) is 3. The van der Waals surface area contributed by atoms with Crippen molar-refractivity contribution < 1.29 is 9.50 Å². The average molecular weight is 197 g/mol. The van der Waals surface area contributed by atoms with E-state index in [0.717, 1.165) is 5.39 Å². The molecule has 0 unspecified atom stereocenters. The molecule has 0 aliphatic heterocycles. The van der Waals surface area contributed by atoms with E-state index in [4.69, 9.17) is 10.8 Å². The van der Waals surface area contributed by atoms with Gasteiger partial charge in [-0.1, -0.05) is 0 Å². The van der Waals surface area contributed by atoms with Crippen LogP contribution in [0.1, 0.15) is 5.56 Å². The zero-order chi connectivity index (χ0) is 9.42. The third-order valence-corrected chi connectivity index (χ3v) is 2.93. The Kier molecular flexibility index (Phi) is 1.94. The Labute approximate surface area is 78.4 Å². The predicted octanol–water partition coefficient (Wildman–Crippen LogP) is 2.11. The van der Waals surface area contributed by atoms with Crippen LogP contribution in [0.2, 0.25) is 0 Å². The van der Waals surface area contributed by atoms with Gasteiger partial charge in [-0.15, -0.1) is 11.3 Å². The highest BCUT2D eigenvalue weighted by Crippen LogP contribution is 2.31. The van der Waals surface area contributed by atoms with Gasteiger partial charge >= 0.3 is 0 Å². The third-order valence-electron chi connectivity index (χ3n) is 1.98. The van der Waals surface area contributed by atoms with Gasteiger partial charge in [0, 0.05) is 5.39 Å². The van der Waals surface area contributed by atoms with Gasteiger partial charge in [-0.05, 0) is 23.1 Å². The summed E-state index contributed by atoms with van der Waals surface area (Å²) in [4.78, 5) is 0. The first-order valence-corrected chi connectivity index (χ1v) is 4.67. The minimum atomic E-state index is -0.459. The highest BCUT2D eigenvalue weighted by atomic mass is 32.1. The molecule has 68 valence electrons. The Balaban J connectivity index is 2.87. The van der Waals surface area contributed by atoms with Gasteiger partial charge in [-0.2, -0.15) is 0 Å². The van der Waals surface area contributed by atoms with Gasteiger partial charge in [-0.3, -0.25) is 0 Å². The standard InChI is InChI=1S/C9H8FNOS/c10-7-3-5(4-12)6-1-2-13-9(6)8(7)11/h1-3,12H,4,11H2. The maximum atomic E-state index is 13.1. The van der Waals surface area contributed by atoms with Crippen molar-refractivity contribution >= 4 is 27.1 Å². The molecule has 1 heterocycles. The summed E-state index contributed by atoms with van der Waals surface area (Å²) >= 11 is 1.38. The van der Waals surface area contributed by atoms with E-state index < -0.39 is 5.82 Å². The number of aliphatic hydroxyl groups excluding tert-OH is 1. The van der Waals surface area contributed by atoms with Crippen molar-refractivity contribution in [3.8, 4) is 0 Å². The van der Waals surface area contributed by atoms with E-state index in [1.165, 1.54) is 17.4 Å². The molecule has 4 heteroatoms. The molecule has 0 aliphatic carbocycles. The lowest BCUT2D eigenvalue weighted by molar-refractivity contribution is 0.283. The van der Waals surface area contributed by atoms with Crippen LogP contribution in [0.25, 0.3) is 10.1 Å². The fourth-order valence-electron chi connectivity index (χ4n) is 1.32. The lowest BCUT2D eigenvalue weighted by Gasteiger charge is -2.03. The summed E-state index contributed by atoms with van der Waals surface area (Å²) in [6.45, 7) is -0.162. The first-order chi connectivity index (χ1) is 6.24. The van der Waals surface area contributed by atoms with E-state index >= 15 is 0 Å². The molecule has 13 heavy (non-hydrogen) atoms. The summed E-state index contributed by atoms with van der Waals surface area (Å²) in [7, 11) is 0. The summed E-state index contributed by atoms with van der Waals surface area (Å²) in [5.74, 6) is -0.459. The number of thiophene rings is 1. The zero-order valence-corrected chi connectivity index (χ0v) is 7.57. The van der Waals surface area contributed by atoms with Crippen LogP contribution < -0.4 is 5.73 Å². The summed E-state index contributed by atoms with van der Waals surface area (Å²) < 4.78 is 13.9. The van der Waals surface area contributed by atoms with Crippen molar-refractivity contribution in [2.24, 2.45) is 0 Å². The molecule has 0 bridgehead atoms. The first-order valence-electron chi connectivity index (χ1n) is 3.79. The third kappa shape index (κ3) is 1.18. The van der Waals surface area contributed by atoms with E-state index in [2.05, 4.69) is 0 Å². The quantitative estimate of drug-likeness (QED) is 0.688. The Hall–Kier alpha value is -1.13. The van der Waals surface area contributed by atoms with E-state index in [9.17, 15) is 4.39 Å². The van der Waals surface area contributed by atoms with Crippen molar-refractivity contribution in [1.29, 1.82) is 0 Å². The SMILES string of the molecule is Nc1c(F)cc(CO)c2ccsc12. The molecule has 0 atom stereocenters. The highest BCUT2D eigenvalue weighted by Gasteiger charge is 2.09. The van der Waals surface area contributed by atoms with Crippen LogP contribution in [-0.4, -0.2) is 5.11 Å². The molecule has 0 saturated heterocycles. The maximum absolute atomic E-state index is 13.1. The molecule has 2 nitrogen and oxygen atoms in total. The minimum Gasteiger partial charge on any atom is -0.395 e. The second-order valence-electron chi connectivity index (χ2n) is 2.75. The maximum Gasteiger partial charge on any atom is 0.147 e. The molecular weight excluding hydrogens is 189 g/mol. The average Bonchev–Trinajstić information content (AvgIpc) is 2.60. The monoisotopic (exact) mass is 197 g/mol. The first kappa shape index (κ1) is 8.47. The van der Waals surface area contributed by atoms with Crippen LogP contribution in [0.4, 0.5) is 10.1 Å². The Bertz CT molecular complexity index is 452. The van der Waals surface area contributed by atoms with Crippen LogP contribution in [-0.2, 0) is 6.61 Å². The molecule has 2 aromatic rings. The van der Waals surface area contributed by atoms with Crippen molar-refractivity contribution in [3.05, 3.63) is 28.9 Å². The number of nitrogens with two attached hydrogens (primary N) is 1. The number of hydrogen-bond donors (Lipinski definition) is 2. The lowest BCUT2D eigenvalue weighted by Crippen LogP contribution is -1.94. The molecule has 0 fully saturated rings.